The minimum atomic E-state index is -0.566. The third-order valence-corrected chi connectivity index (χ3v) is 2.15. The number of aryl methyl sites for hydroxylation is 1. The molecule has 1 aromatic rings. The topological polar surface area (TPSA) is 95.5 Å². The van der Waals surface area contributed by atoms with Crippen LogP contribution in [0.1, 0.15) is 11.1 Å². The van der Waals surface area contributed by atoms with Crippen molar-refractivity contribution in [1.82, 2.24) is 0 Å². The number of nitrogens with zero attached hydrogens (tertiary/aromatic N) is 1. The lowest BCUT2D eigenvalue weighted by molar-refractivity contribution is -0.384. The van der Waals surface area contributed by atoms with Crippen molar-refractivity contribution in [3.63, 3.8) is 0 Å². The zero-order valence-corrected chi connectivity index (χ0v) is 9.02. The molecule has 0 spiro atoms. The minimum absolute atomic E-state index is 0.0148. The largest absolute Gasteiger partial charge is 0.469 e. The van der Waals surface area contributed by atoms with Crippen LogP contribution in [0.4, 0.5) is 11.4 Å². The van der Waals surface area contributed by atoms with Crippen LogP contribution in [0.25, 0.3) is 0 Å². The Kier molecular flexibility index (Phi) is 3.44. The Balaban J connectivity index is 3.19. The fourth-order valence-corrected chi connectivity index (χ4v) is 1.38. The van der Waals surface area contributed by atoms with Gasteiger partial charge in [-0.1, -0.05) is 6.07 Å². The maximum atomic E-state index is 11.1. The number of carbonyl (C=O) groups is 1. The molecule has 0 bridgehead atoms. The summed E-state index contributed by atoms with van der Waals surface area (Å²) < 4.78 is 4.49. The van der Waals surface area contributed by atoms with Gasteiger partial charge in [0, 0.05) is 6.07 Å². The van der Waals surface area contributed by atoms with E-state index in [2.05, 4.69) is 4.74 Å². The molecule has 0 atom stereocenters. The summed E-state index contributed by atoms with van der Waals surface area (Å²) in [6, 6.07) is 3.01. The van der Waals surface area contributed by atoms with E-state index in [4.69, 9.17) is 5.73 Å². The first-order valence-electron chi connectivity index (χ1n) is 4.56. The molecule has 16 heavy (non-hydrogen) atoms. The van der Waals surface area contributed by atoms with Crippen LogP contribution in [0.5, 0.6) is 0 Å². The minimum Gasteiger partial charge on any atom is -0.469 e. The summed E-state index contributed by atoms with van der Waals surface area (Å²) in [5.74, 6) is -0.480. The summed E-state index contributed by atoms with van der Waals surface area (Å²) in [7, 11) is 1.25. The molecule has 0 aromatic heterocycles. The van der Waals surface area contributed by atoms with Crippen LogP contribution < -0.4 is 5.73 Å². The highest BCUT2D eigenvalue weighted by atomic mass is 16.6. The first-order valence-corrected chi connectivity index (χ1v) is 4.56. The highest BCUT2D eigenvalue weighted by Gasteiger charge is 2.17. The van der Waals surface area contributed by atoms with Gasteiger partial charge in [0.25, 0.3) is 5.69 Å². The number of rotatable bonds is 3. The number of anilines is 1. The number of carbonyl (C=O) groups excluding carboxylic acids is 1. The molecule has 0 radical (unpaired) electrons. The molecule has 86 valence electrons. The van der Waals surface area contributed by atoms with Crippen molar-refractivity contribution < 1.29 is 14.5 Å². The summed E-state index contributed by atoms with van der Waals surface area (Å²) in [6.45, 7) is 1.70. The Morgan fingerprint density at radius 1 is 1.56 bits per heavy atom. The summed E-state index contributed by atoms with van der Waals surface area (Å²) >= 11 is 0. The molecule has 0 aliphatic rings. The normalized spacial score (nSPS) is 9.88. The molecule has 0 aliphatic heterocycles. The zero-order chi connectivity index (χ0) is 12.3. The molecule has 0 unspecified atom stereocenters. The van der Waals surface area contributed by atoms with E-state index in [1.54, 1.807) is 13.0 Å². The standard InChI is InChI=1S/C10H12N2O4/c1-6-3-7(5-9(13)16-2)10(11)8(4-6)12(14)15/h3-4H,5,11H2,1-2H3. The number of nitrogen functional groups attached to an aromatic ring is 1. The molecule has 1 aromatic carbocycles. The van der Waals surface area contributed by atoms with Gasteiger partial charge in [-0.25, -0.2) is 0 Å². The van der Waals surface area contributed by atoms with Gasteiger partial charge in [-0.15, -0.1) is 0 Å². The van der Waals surface area contributed by atoms with Gasteiger partial charge in [0.2, 0.25) is 0 Å². The molecule has 6 heteroatoms. The number of benzene rings is 1. The van der Waals surface area contributed by atoms with Gasteiger partial charge >= 0.3 is 5.97 Å². The van der Waals surface area contributed by atoms with Crippen LogP contribution in [0.15, 0.2) is 12.1 Å². The predicted octanol–water partition coefficient (Wildman–Crippen LogP) is 1.20. The number of nitro benzene ring substituents is 1. The number of nitro groups is 1. The number of methoxy groups -OCH3 is 1. The van der Waals surface area contributed by atoms with Gasteiger partial charge in [0.05, 0.1) is 18.5 Å². The van der Waals surface area contributed by atoms with E-state index >= 15 is 0 Å². The Morgan fingerprint density at radius 2 is 2.19 bits per heavy atom. The number of esters is 1. The van der Waals surface area contributed by atoms with Crippen molar-refractivity contribution >= 4 is 17.3 Å². The number of hydrogen-bond acceptors (Lipinski definition) is 5. The van der Waals surface area contributed by atoms with Gasteiger partial charge in [-0.2, -0.15) is 0 Å². The van der Waals surface area contributed by atoms with Crippen LogP contribution in [0, 0.1) is 17.0 Å². The quantitative estimate of drug-likeness (QED) is 0.360. The lowest BCUT2D eigenvalue weighted by atomic mass is 10.0. The second-order valence-corrected chi connectivity index (χ2v) is 3.37. The van der Waals surface area contributed by atoms with Crippen molar-refractivity contribution in [2.75, 3.05) is 12.8 Å². The number of nitrogens with two attached hydrogens (primary N) is 1. The highest BCUT2D eigenvalue weighted by molar-refractivity contribution is 5.77. The predicted molar refractivity (Wildman–Crippen MR) is 58.0 cm³/mol. The van der Waals surface area contributed by atoms with Crippen LogP contribution in [0.3, 0.4) is 0 Å². The molecule has 0 aliphatic carbocycles. The van der Waals surface area contributed by atoms with E-state index in [-0.39, 0.29) is 17.8 Å². The van der Waals surface area contributed by atoms with Crippen LogP contribution in [-0.2, 0) is 16.0 Å². The Bertz CT molecular complexity index is 443. The highest BCUT2D eigenvalue weighted by Crippen LogP contribution is 2.27. The van der Waals surface area contributed by atoms with Crippen LogP contribution in [0.2, 0.25) is 0 Å². The van der Waals surface area contributed by atoms with Gasteiger partial charge in [0.15, 0.2) is 0 Å². The fraction of sp³-hybridized carbons (Fsp3) is 0.300. The van der Waals surface area contributed by atoms with Crippen LogP contribution in [-0.4, -0.2) is 18.0 Å². The summed E-state index contributed by atoms with van der Waals surface area (Å²) in [5, 5.41) is 10.7. The van der Waals surface area contributed by atoms with E-state index in [1.165, 1.54) is 13.2 Å². The summed E-state index contributed by atoms with van der Waals surface area (Å²) in [6.07, 6.45) is -0.0646. The molecule has 0 amide bonds. The lowest BCUT2D eigenvalue weighted by Gasteiger charge is -2.06. The van der Waals surface area contributed by atoms with Crippen molar-refractivity contribution in [1.29, 1.82) is 0 Å². The summed E-state index contributed by atoms with van der Waals surface area (Å²) in [4.78, 5) is 21.2. The molecule has 0 saturated carbocycles. The van der Waals surface area contributed by atoms with Crippen molar-refractivity contribution in [2.24, 2.45) is 0 Å². The first-order chi connectivity index (χ1) is 7.45. The van der Waals surface area contributed by atoms with E-state index < -0.39 is 10.9 Å². The molecule has 0 heterocycles. The molecular formula is C10H12N2O4. The maximum absolute atomic E-state index is 11.1. The lowest BCUT2D eigenvalue weighted by Crippen LogP contribution is -2.08. The van der Waals surface area contributed by atoms with Crippen molar-refractivity contribution in [2.45, 2.75) is 13.3 Å². The third kappa shape index (κ3) is 2.47. The summed E-state index contributed by atoms with van der Waals surface area (Å²) in [5.41, 5.74) is 6.54. The fourth-order valence-electron chi connectivity index (χ4n) is 1.38. The second-order valence-electron chi connectivity index (χ2n) is 3.37. The van der Waals surface area contributed by atoms with Crippen molar-refractivity contribution in [3.05, 3.63) is 33.4 Å². The molecule has 0 saturated heterocycles. The molecule has 2 N–H and O–H groups in total. The Morgan fingerprint density at radius 3 is 2.69 bits per heavy atom. The van der Waals surface area contributed by atoms with Gasteiger partial charge in [-0.3, -0.25) is 14.9 Å². The van der Waals surface area contributed by atoms with E-state index in [0.29, 0.717) is 11.1 Å². The Hall–Kier alpha value is -2.11. The third-order valence-electron chi connectivity index (χ3n) is 2.15. The average molecular weight is 224 g/mol. The van der Waals surface area contributed by atoms with Gasteiger partial charge in [0.1, 0.15) is 5.69 Å². The van der Waals surface area contributed by atoms with E-state index in [0.717, 1.165) is 0 Å². The van der Waals surface area contributed by atoms with Crippen molar-refractivity contribution in [3.8, 4) is 0 Å². The number of hydrogen-bond donors (Lipinski definition) is 1. The zero-order valence-electron chi connectivity index (χ0n) is 9.02. The molecule has 6 nitrogen and oxygen atoms in total. The SMILES string of the molecule is COC(=O)Cc1cc(C)cc([N+](=O)[O-])c1N. The van der Waals surface area contributed by atoms with Gasteiger partial charge < -0.3 is 10.5 Å². The first kappa shape index (κ1) is 12.0. The van der Waals surface area contributed by atoms with Gasteiger partial charge in [-0.05, 0) is 18.1 Å². The van der Waals surface area contributed by atoms with E-state index in [9.17, 15) is 14.9 Å². The number of ether oxygens (including phenoxy) is 1. The smallest absolute Gasteiger partial charge is 0.310 e. The Labute approximate surface area is 92.2 Å². The average Bonchev–Trinajstić information content (AvgIpc) is 2.22. The second kappa shape index (κ2) is 4.61. The van der Waals surface area contributed by atoms with E-state index in [1.807, 2.05) is 0 Å². The molecule has 1 rings (SSSR count). The maximum Gasteiger partial charge on any atom is 0.310 e. The molecular weight excluding hydrogens is 212 g/mol. The van der Waals surface area contributed by atoms with Crippen LogP contribution >= 0.6 is 0 Å². The monoisotopic (exact) mass is 224 g/mol. The molecule has 0 fully saturated rings.